The number of nitrogens with zero attached hydrogens (tertiary/aromatic N) is 1. The molecule has 0 aliphatic carbocycles. The van der Waals surface area contributed by atoms with Crippen LogP contribution in [-0.4, -0.2) is 23.5 Å². The van der Waals surface area contributed by atoms with Gasteiger partial charge in [0.15, 0.2) is 0 Å². The zero-order valence-corrected chi connectivity index (χ0v) is 10.4. The van der Waals surface area contributed by atoms with E-state index in [0.717, 1.165) is 10.6 Å². The van der Waals surface area contributed by atoms with Gasteiger partial charge in [-0.15, -0.1) is 0 Å². The van der Waals surface area contributed by atoms with Crippen molar-refractivity contribution in [3.05, 3.63) is 40.9 Å². The number of halogens is 1. The number of rotatable bonds is 4. The molecule has 0 N–H and O–H groups in total. The summed E-state index contributed by atoms with van der Waals surface area (Å²) in [5.41, 5.74) is 0.974. The van der Waals surface area contributed by atoms with Gasteiger partial charge in [0.1, 0.15) is 0 Å². The first-order valence-electron chi connectivity index (χ1n) is 5.57. The van der Waals surface area contributed by atoms with E-state index in [4.69, 9.17) is 16.4 Å². The largest absolute Gasteiger partial charge is 0.272 e. The lowest BCUT2D eigenvalue weighted by molar-refractivity contribution is -0.184. The van der Waals surface area contributed by atoms with Gasteiger partial charge in [-0.1, -0.05) is 35.9 Å². The van der Waals surface area contributed by atoms with Crippen molar-refractivity contribution in [1.82, 2.24) is 5.06 Å². The van der Waals surface area contributed by atoms with Gasteiger partial charge in [0, 0.05) is 17.9 Å². The predicted molar refractivity (Wildman–Crippen MR) is 67.5 cm³/mol. The summed E-state index contributed by atoms with van der Waals surface area (Å²) in [5, 5.41) is 1.52. The number of hydrogen-bond acceptors (Lipinski definition) is 3. The number of carbonyl (C=O) groups excluding carboxylic acids is 2. The zero-order chi connectivity index (χ0) is 13.0. The Morgan fingerprint density at radius 3 is 2.39 bits per heavy atom. The average molecular weight is 266 g/mol. The van der Waals surface area contributed by atoms with Gasteiger partial charge in [0.2, 0.25) is 0 Å². The SMILES string of the molecule is O=C1CCC(=O)N1OC/C=C/c1ccc(Cl)cc1. The van der Waals surface area contributed by atoms with E-state index >= 15 is 0 Å². The summed E-state index contributed by atoms with van der Waals surface area (Å²) < 4.78 is 0. The van der Waals surface area contributed by atoms with Crippen LogP contribution in [0.1, 0.15) is 18.4 Å². The molecular formula is C13H12ClNO3. The van der Waals surface area contributed by atoms with Gasteiger partial charge in [-0.2, -0.15) is 5.06 Å². The molecular weight excluding hydrogens is 254 g/mol. The first-order valence-corrected chi connectivity index (χ1v) is 5.95. The maximum Gasteiger partial charge on any atom is 0.254 e. The Hall–Kier alpha value is -1.65. The maximum atomic E-state index is 11.2. The topological polar surface area (TPSA) is 46.6 Å². The summed E-state index contributed by atoms with van der Waals surface area (Å²) in [6, 6.07) is 7.31. The van der Waals surface area contributed by atoms with Crippen molar-refractivity contribution < 1.29 is 14.4 Å². The molecule has 1 aromatic carbocycles. The molecule has 0 saturated carbocycles. The molecule has 0 unspecified atom stereocenters. The maximum absolute atomic E-state index is 11.2. The second kappa shape index (κ2) is 5.80. The van der Waals surface area contributed by atoms with E-state index in [1.165, 1.54) is 0 Å². The highest BCUT2D eigenvalue weighted by Gasteiger charge is 2.29. The van der Waals surface area contributed by atoms with Crippen LogP contribution in [0.25, 0.3) is 6.08 Å². The minimum atomic E-state index is -0.278. The molecule has 0 bridgehead atoms. The molecule has 4 nitrogen and oxygen atoms in total. The molecule has 1 saturated heterocycles. The van der Waals surface area contributed by atoms with Gasteiger partial charge < -0.3 is 0 Å². The molecule has 2 amide bonds. The Balaban J connectivity index is 1.83. The van der Waals surface area contributed by atoms with Crippen molar-refractivity contribution in [3.8, 4) is 0 Å². The number of imide groups is 1. The third kappa shape index (κ3) is 3.18. The van der Waals surface area contributed by atoms with Crippen LogP contribution in [0.4, 0.5) is 0 Å². The average Bonchev–Trinajstić information content (AvgIpc) is 2.68. The molecule has 0 spiro atoms. The van der Waals surface area contributed by atoms with Gasteiger partial charge >= 0.3 is 0 Å². The summed E-state index contributed by atoms with van der Waals surface area (Å²) in [5.74, 6) is -0.556. The molecule has 2 rings (SSSR count). The van der Waals surface area contributed by atoms with Crippen LogP contribution in [0, 0.1) is 0 Å². The van der Waals surface area contributed by atoms with Crippen molar-refractivity contribution >= 4 is 29.5 Å². The minimum absolute atomic E-state index is 0.181. The van der Waals surface area contributed by atoms with E-state index in [2.05, 4.69) is 0 Å². The standard InChI is InChI=1S/C13H12ClNO3/c14-11-5-3-10(4-6-11)2-1-9-18-15-12(16)7-8-13(15)17/h1-6H,7-9H2/b2-1+. The minimum Gasteiger partial charge on any atom is -0.272 e. The lowest BCUT2D eigenvalue weighted by Crippen LogP contribution is -2.29. The lowest BCUT2D eigenvalue weighted by atomic mass is 10.2. The number of carbonyl (C=O) groups is 2. The van der Waals surface area contributed by atoms with Gasteiger partial charge in [-0.25, -0.2) is 0 Å². The molecule has 0 atom stereocenters. The fourth-order valence-electron chi connectivity index (χ4n) is 1.58. The Morgan fingerprint density at radius 2 is 1.78 bits per heavy atom. The van der Waals surface area contributed by atoms with Crippen LogP contribution in [0.5, 0.6) is 0 Å². The van der Waals surface area contributed by atoms with Crippen LogP contribution in [0.3, 0.4) is 0 Å². The number of hydrogen-bond donors (Lipinski definition) is 0. The molecule has 0 radical (unpaired) electrons. The van der Waals surface area contributed by atoms with E-state index in [0.29, 0.717) is 5.02 Å². The van der Waals surface area contributed by atoms with Gasteiger partial charge in [-0.3, -0.25) is 14.4 Å². The Kier molecular flexibility index (Phi) is 4.12. The van der Waals surface area contributed by atoms with E-state index in [9.17, 15) is 9.59 Å². The molecule has 1 aliphatic rings. The number of amides is 2. The van der Waals surface area contributed by atoms with Crippen LogP contribution in [0.15, 0.2) is 30.3 Å². The Bertz CT molecular complexity index is 466. The molecule has 5 heteroatoms. The zero-order valence-electron chi connectivity index (χ0n) is 9.64. The molecule has 1 aliphatic heterocycles. The monoisotopic (exact) mass is 265 g/mol. The quantitative estimate of drug-likeness (QED) is 0.786. The highest BCUT2D eigenvalue weighted by Crippen LogP contribution is 2.13. The smallest absolute Gasteiger partial charge is 0.254 e. The summed E-state index contributed by atoms with van der Waals surface area (Å²) in [6.45, 7) is 0.181. The first kappa shape index (κ1) is 12.8. The highest BCUT2D eigenvalue weighted by atomic mass is 35.5. The molecule has 1 fully saturated rings. The second-order valence-corrected chi connectivity index (χ2v) is 4.27. The Labute approximate surface area is 110 Å². The Morgan fingerprint density at radius 1 is 1.17 bits per heavy atom. The van der Waals surface area contributed by atoms with E-state index in [1.54, 1.807) is 18.2 Å². The summed E-state index contributed by atoms with van der Waals surface area (Å²) in [6.07, 6.45) is 4.04. The van der Waals surface area contributed by atoms with Crippen LogP contribution in [-0.2, 0) is 14.4 Å². The normalized spacial score (nSPS) is 15.9. The third-order valence-corrected chi connectivity index (χ3v) is 2.74. The van der Waals surface area contributed by atoms with Crippen molar-refractivity contribution in [3.63, 3.8) is 0 Å². The predicted octanol–water partition coefficient (Wildman–Crippen LogP) is 2.43. The summed E-state index contributed by atoms with van der Waals surface area (Å²) in [7, 11) is 0. The summed E-state index contributed by atoms with van der Waals surface area (Å²) in [4.78, 5) is 27.5. The highest BCUT2D eigenvalue weighted by molar-refractivity contribution is 6.30. The van der Waals surface area contributed by atoms with Gasteiger partial charge in [0.05, 0.1) is 6.61 Å². The van der Waals surface area contributed by atoms with Gasteiger partial charge in [0.25, 0.3) is 11.8 Å². The van der Waals surface area contributed by atoms with Crippen LogP contribution in [0.2, 0.25) is 5.02 Å². The third-order valence-electron chi connectivity index (χ3n) is 2.49. The van der Waals surface area contributed by atoms with E-state index in [1.807, 2.05) is 18.2 Å². The fraction of sp³-hybridized carbons (Fsp3) is 0.231. The van der Waals surface area contributed by atoms with Crippen LogP contribution < -0.4 is 0 Å². The van der Waals surface area contributed by atoms with E-state index < -0.39 is 0 Å². The first-order chi connectivity index (χ1) is 8.66. The molecule has 1 aromatic rings. The van der Waals surface area contributed by atoms with Crippen LogP contribution >= 0.6 is 11.6 Å². The van der Waals surface area contributed by atoms with E-state index in [-0.39, 0.29) is 31.3 Å². The lowest BCUT2D eigenvalue weighted by Gasteiger charge is -2.10. The molecule has 0 aromatic heterocycles. The summed E-state index contributed by atoms with van der Waals surface area (Å²) >= 11 is 5.76. The number of benzene rings is 1. The molecule has 94 valence electrons. The van der Waals surface area contributed by atoms with Crippen molar-refractivity contribution in [2.24, 2.45) is 0 Å². The second-order valence-electron chi connectivity index (χ2n) is 3.83. The van der Waals surface area contributed by atoms with Crippen molar-refractivity contribution in [1.29, 1.82) is 0 Å². The van der Waals surface area contributed by atoms with Crippen molar-refractivity contribution in [2.45, 2.75) is 12.8 Å². The number of hydroxylamine groups is 2. The fourth-order valence-corrected chi connectivity index (χ4v) is 1.70. The molecule has 1 heterocycles. The van der Waals surface area contributed by atoms with Crippen molar-refractivity contribution in [2.75, 3.05) is 6.61 Å². The molecule has 18 heavy (non-hydrogen) atoms. The van der Waals surface area contributed by atoms with Gasteiger partial charge in [-0.05, 0) is 17.7 Å².